The van der Waals surface area contributed by atoms with Crippen molar-refractivity contribution in [3.63, 3.8) is 0 Å². The van der Waals surface area contributed by atoms with Gasteiger partial charge in [0.1, 0.15) is 11.7 Å². The number of hydrogen-bond donors (Lipinski definition) is 3. The second kappa shape index (κ2) is 9.67. The van der Waals surface area contributed by atoms with Crippen LogP contribution in [0.5, 0.6) is 0 Å². The van der Waals surface area contributed by atoms with Gasteiger partial charge in [0.05, 0.1) is 12.2 Å². The zero-order chi connectivity index (χ0) is 23.3. The van der Waals surface area contributed by atoms with Gasteiger partial charge in [-0.05, 0) is 34.4 Å². The molecular formula is C28H26N6. The molecule has 0 aliphatic carbocycles. The fourth-order valence-corrected chi connectivity index (χ4v) is 4.37. The van der Waals surface area contributed by atoms with Crippen molar-refractivity contribution >= 4 is 33.3 Å². The molecule has 0 fully saturated rings. The second-order valence-electron chi connectivity index (χ2n) is 8.35. The fraction of sp³-hybridized carbons (Fsp3) is 0.143. The van der Waals surface area contributed by atoms with Crippen LogP contribution >= 0.6 is 0 Å². The maximum Gasteiger partial charge on any atom is 0.108 e. The quantitative estimate of drug-likeness (QED) is 0.220. The third kappa shape index (κ3) is 4.57. The molecule has 168 valence electrons. The number of aryl methyl sites for hydroxylation is 1. The molecule has 2 heterocycles. The van der Waals surface area contributed by atoms with Crippen LogP contribution in [0.3, 0.4) is 0 Å². The maximum absolute atomic E-state index is 8.95. The highest BCUT2D eigenvalue weighted by molar-refractivity contribution is 5.99. The molecular weight excluding hydrogens is 420 g/mol. The maximum atomic E-state index is 8.95. The lowest BCUT2D eigenvalue weighted by molar-refractivity contribution is 0.570. The molecule has 0 unspecified atom stereocenters. The first-order chi connectivity index (χ1) is 16.7. The van der Waals surface area contributed by atoms with Crippen LogP contribution in [0.1, 0.15) is 23.2 Å². The van der Waals surface area contributed by atoms with Gasteiger partial charge in [0.15, 0.2) is 0 Å². The third-order valence-electron chi connectivity index (χ3n) is 6.13. The van der Waals surface area contributed by atoms with E-state index >= 15 is 0 Å². The summed E-state index contributed by atoms with van der Waals surface area (Å²) in [7, 11) is 0. The van der Waals surface area contributed by atoms with Gasteiger partial charge in [0.2, 0.25) is 0 Å². The van der Waals surface area contributed by atoms with Crippen LogP contribution in [-0.4, -0.2) is 31.5 Å². The Labute approximate surface area is 198 Å². The minimum absolute atomic E-state index is 0.327. The first-order valence-corrected chi connectivity index (χ1v) is 11.4. The minimum atomic E-state index is 0.327. The molecule has 5 rings (SSSR count). The summed E-state index contributed by atoms with van der Waals surface area (Å²) in [5.74, 6) is 0.768. The van der Waals surface area contributed by atoms with Gasteiger partial charge in [0.25, 0.3) is 0 Å². The molecule has 0 aliphatic rings. The smallest absolute Gasteiger partial charge is 0.108 e. The molecule has 34 heavy (non-hydrogen) atoms. The number of benzene rings is 3. The predicted octanol–water partition coefficient (Wildman–Crippen LogP) is 5.74. The van der Waals surface area contributed by atoms with Crippen LogP contribution in [0.25, 0.3) is 21.7 Å². The Morgan fingerprint density at radius 3 is 2.47 bits per heavy atom. The molecule has 0 amide bonds. The first-order valence-electron chi connectivity index (χ1n) is 11.4. The summed E-state index contributed by atoms with van der Waals surface area (Å²) in [6, 6.07) is 22.7. The average Bonchev–Trinajstić information content (AvgIpc) is 3.29. The van der Waals surface area contributed by atoms with E-state index in [1.54, 1.807) is 18.6 Å². The molecule has 0 bridgehead atoms. The Morgan fingerprint density at radius 1 is 0.824 bits per heavy atom. The highest BCUT2D eigenvalue weighted by Crippen LogP contribution is 2.23. The van der Waals surface area contributed by atoms with E-state index in [0.29, 0.717) is 31.1 Å². The molecule has 3 aromatic carbocycles. The van der Waals surface area contributed by atoms with Gasteiger partial charge in [-0.1, -0.05) is 60.7 Å². The van der Waals surface area contributed by atoms with Crippen LogP contribution in [-0.2, 0) is 19.4 Å². The van der Waals surface area contributed by atoms with Crippen molar-refractivity contribution in [3.8, 4) is 0 Å². The summed E-state index contributed by atoms with van der Waals surface area (Å²) in [5, 5.41) is 21.3. The van der Waals surface area contributed by atoms with E-state index in [0.717, 1.165) is 34.0 Å². The molecule has 5 aromatic rings. The van der Waals surface area contributed by atoms with E-state index < -0.39 is 0 Å². The Hall–Kier alpha value is -4.32. The summed E-state index contributed by atoms with van der Waals surface area (Å²) < 4.78 is 0. The normalized spacial score (nSPS) is 11.1. The van der Waals surface area contributed by atoms with Gasteiger partial charge in [-0.3, -0.25) is 20.8 Å². The lowest BCUT2D eigenvalue weighted by atomic mass is 10.0. The molecule has 3 N–H and O–H groups in total. The molecule has 0 saturated heterocycles. The van der Waals surface area contributed by atoms with E-state index in [-0.39, 0.29) is 0 Å². The zero-order valence-corrected chi connectivity index (χ0v) is 18.8. The number of H-pyrrole nitrogens is 1. The van der Waals surface area contributed by atoms with Crippen molar-refractivity contribution < 1.29 is 0 Å². The van der Waals surface area contributed by atoms with Crippen LogP contribution in [0.15, 0.2) is 91.5 Å². The fourth-order valence-electron chi connectivity index (χ4n) is 4.37. The van der Waals surface area contributed by atoms with Crippen molar-refractivity contribution in [1.82, 2.24) is 19.9 Å². The molecule has 0 saturated carbocycles. The summed E-state index contributed by atoms with van der Waals surface area (Å²) in [6.07, 6.45) is 8.57. The minimum Gasteiger partial charge on any atom is -0.361 e. The number of aromatic amines is 1. The lowest BCUT2D eigenvalue weighted by Gasteiger charge is -2.26. The lowest BCUT2D eigenvalue weighted by Crippen LogP contribution is -2.37. The first kappa shape index (κ1) is 21.5. The average molecular weight is 447 g/mol. The number of hydrogen-bond acceptors (Lipinski definition) is 4. The summed E-state index contributed by atoms with van der Waals surface area (Å²) in [5.41, 5.74) is 4.11. The molecule has 0 radical (unpaired) electrons. The number of rotatable bonds is 7. The number of nitrogens with zero attached hydrogens (tertiary/aromatic N) is 3. The van der Waals surface area contributed by atoms with E-state index in [4.69, 9.17) is 10.8 Å². The van der Waals surface area contributed by atoms with Crippen LogP contribution < -0.4 is 0 Å². The number of aromatic nitrogens is 3. The number of fused-ring (bicyclic) bond motifs is 2. The Balaban J connectivity index is 1.40. The van der Waals surface area contributed by atoms with Gasteiger partial charge >= 0.3 is 0 Å². The Bertz CT molecular complexity index is 1450. The van der Waals surface area contributed by atoms with Crippen LogP contribution in [0, 0.1) is 10.8 Å². The van der Waals surface area contributed by atoms with Gasteiger partial charge in [-0.25, -0.2) is 0 Å². The standard InChI is InChI=1S/C28H26N6/c29-27(13-12-21-17-33-26-11-4-3-10-25(21)26)34(28(30)16-23-18-31-14-15-32-23)19-22-8-5-7-20-6-1-2-9-24(20)22/h1-11,14-15,17-18,29-30,33H,12-13,16,19H2. The monoisotopic (exact) mass is 446 g/mol. The highest BCUT2D eigenvalue weighted by Gasteiger charge is 2.18. The Kier molecular flexibility index (Phi) is 6.12. The molecule has 6 nitrogen and oxygen atoms in total. The highest BCUT2D eigenvalue weighted by atomic mass is 15.2. The third-order valence-corrected chi connectivity index (χ3v) is 6.13. The van der Waals surface area contributed by atoms with Crippen molar-refractivity contribution in [2.45, 2.75) is 25.8 Å². The summed E-state index contributed by atoms with van der Waals surface area (Å²) in [4.78, 5) is 13.6. The zero-order valence-electron chi connectivity index (χ0n) is 18.8. The molecule has 6 heteroatoms. The van der Waals surface area contributed by atoms with Gasteiger partial charge < -0.3 is 9.88 Å². The van der Waals surface area contributed by atoms with Gasteiger partial charge in [-0.15, -0.1) is 0 Å². The Morgan fingerprint density at radius 2 is 1.62 bits per heavy atom. The summed E-state index contributed by atoms with van der Waals surface area (Å²) >= 11 is 0. The predicted molar refractivity (Wildman–Crippen MR) is 137 cm³/mol. The van der Waals surface area contributed by atoms with Crippen molar-refractivity contribution in [2.24, 2.45) is 0 Å². The number of para-hydroxylation sites is 1. The molecule has 0 spiro atoms. The second-order valence-corrected chi connectivity index (χ2v) is 8.35. The van der Waals surface area contributed by atoms with Crippen LogP contribution in [0.2, 0.25) is 0 Å². The van der Waals surface area contributed by atoms with E-state index in [1.807, 2.05) is 41.4 Å². The van der Waals surface area contributed by atoms with Crippen LogP contribution in [0.4, 0.5) is 0 Å². The van der Waals surface area contributed by atoms with E-state index in [2.05, 4.69) is 51.4 Å². The largest absolute Gasteiger partial charge is 0.361 e. The number of amidine groups is 2. The van der Waals surface area contributed by atoms with E-state index in [1.165, 1.54) is 10.9 Å². The van der Waals surface area contributed by atoms with Crippen molar-refractivity contribution in [1.29, 1.82) is 10.8 Å². The van der Waals surface area contributed by atoms with Gasteiger partial charge in [-0.2, -0.15) is 0 Å². The van der Waals surface area contributed by atoms with E-state index in [9.17, 15) is 0 Å². The number of nitrogens with one attached hydrogen (secondary N) is 3. The van der Waals surface area contributed by atoms with Crippen molar-refractivity contribution in [3.05, 3.63) is 108 Å². The topological polar surface area (TPSA) is 92.5 Å². The molecule has 0 aliphatic heterocycles. The summed E-state index contributed by atoms with van der Waals surface area (Å²) in [6.45, 7) is 0.465. The van der Waals surface area contributed by atoms with Gasteiger partial charge in [0, 0.05) is 48.5 Å². The molecule has 2 aromatic heterocycles. The van der Waals surface area contributed by atoms with Crippen molar-refractivity contribution in [2.75, 3.05) is 0 Å². The SMILES string of the molecule is N=C(CCc1c[nH]c2ccccc12)N(Cc1cccc2ccccc12)C(=N)Cc1cnccn1. The molecule has 0 atom stereocenters.